The van der Waals surface area contributed by atoms with Crippen LogP contribution in [0.4, 0.5) is 0 Å². The molecule has 0 amide bonds. The summed E-state index contributed by atoms with van der Waals surface area (Å²) in [5.74, 6) is 0.622. The largest absolute Gasteiger partial charge is 0.310 e. The van der Waals surface area contributed by atoms with E-state index in [0.717, 1.165) is 26.1 Å². The molecule has 2 saturated heterocycles. The van der Waals surface area contributed by atoms with Crippen LogP contribution in [0.1, 0.15) is 12.8 Å². The molecule has 2 heterocycles. The Bertz CT molecular complexity index is 387. The molecule has 6 heteroatoms. The van der Waals surface area contributed by atoms with Crippen LogP contribution in [0.2, 0.25) is 0 Å². The van der Waals surface area contributed by atoms with Gasteiger partial charge in [0.2, 0.25) is 0 Å². The van der Waals surface area contributed by atoms with Gasteiger partial charge in [0.1, 0.15) is 0 Å². The number of nitrogens with one attached hydrogen (secondary N) is 1. The normalized spacial score (nSPS) is 34.7. The van der Waals surface area contributed by atoms with E-state index in [1.807, 2.05) is 0 Å². The number of nitrogens with zero attached hydrogens (tertiary/aromatic N) is 2. The number of piperazine rings is 1. The van der Waals surface area contributed by atoms with Crippen molar-refractivity contribution in [2.45, 2.75) is 24.9 Å². The second kappa shape index (κ2) is 4.70. The van der Waals surface area contributed by atoms with E-state index in [9.17, 15) is 8.42 Å². The maximum absolute atomic E-state index is 11.4. The third kappa shape index (κ3) is 2.73. The molecule has 2 unspecified atom stereocenters. The molecule has 2 aliphatic heterocycles. The predicted molar refractivity (Wildman–Crippen MR) is 60.7 cm³/mol. The molecule has 2 atom stereocenters. The monoisotopic (exact) mass is 243 g/mol. The lowest BCUT2D eigenvalue weighted by molar-refractivity contribution is 0.156. The molecular formula is C10H17N3O2S. The molecule has 0 aliphatic carbocycles. The van der Waals surface area contributed by atoms with Crippen molar-refractivity contribution in [2.75, 3.05) is 31.1 Å². The van der Waals surface area contributed by atoms with Gasteiger partial charge in [-0.3, -0.25) is 4.90 Å². The van der Waals surface area contributed by atoms with Crippen molar-refractivity contribution in [3.05, 3.63) is 0 Å². The molecule has 5 nitrogen and oxygen atoms in total. The molecule has 2 aliphatic rings. The molecule has 0 saturated carbocycles. The zero-order valence-electron chi connectivity index (χ0n) is 9.22. The summed E-state index contributed by atoms with van der Waals surface area (Å²) < 4.78 is 22.8. The minimum Gasteiger partial charge on any atom is -0.310 e. The minimum absolute atomic E-state index is 0.174. The summed E-state index contributed by atoms with van der Waals surface area (Å²) in [7, 11) is -2.80. The SMILES string of the molecule is N#CCC1CN(C2CCS(=O)(=O)C2)CCN1. The van der Waals surface area contributed by atoms with Crippen LogP contribution in [0.15, 0.2) is 0 Å². The van der Waals surface area contributed by atoms with Crippen LogP contribution in [-0.4, -0.2) is 56.5 Å². The number of hydrogen-bond donors (Lipinski definition) is 1. The highest BCUT2D eigenvalue weighted by Crippen LogP contribution is 2.19. The third-order valence-electron chi connectivity index (χ3n) is 3.35. The van der Waals surface area contributed by atoms with Crippen molar-refractivity contribution in [3.63, 3.8) is 0 Å². The number of nitriles is 1. The summed E-state index contributed by atoms with van der Waals surface area (Å²) in [6.07, 6.45) is 1.25. The fourth-order valence-electron chi connectivity index (χ4n) is 2.49. The number of rotatable bonds is 2. The summed E-state index contributed by atoms with van der Waals surface area (Å²) in [6, 6.07) is 2.53. The van der Waals surface area contributed by atoms with E-state index >= 15 is 0 Å². The Balaban J connectivity index is 1.93. The van der Waals surface area contributed by atoms with Gasteiger partial charge in [0, 0.05) is 31.7 Å². The van der Waals surface area contributed by atoms with Gasteiger partial charge in [-0.2, -0.15) is 5.26 Å². The Morgan fingerprint density at radius 3 is 2.94 bits per heavy atom. The van der Waals surface area contributed by atoms with Crippen LogP contribution in [0.5, 0.6) is 0 Å². The number of hydrogen-bond acceptors (Lipinski definition) is 5. The summed E-state index contributed by atoms with van der Waals surface area (Å²) in [4.78, 5) is 2.23. The minimum atomic E-state index is -2.80. The Labute approximate surface area is 96.3 Å². The predicted octanol–water partition coefficient (Wildman–Crippen LogP) is -0.639. The molecule has 16 heavy (non-hydrogen) atoms. The topological polar surface area (TPSA) is 73.2 Å². The molecule has 0 radical (unpaired) electrons. The zero-order chi connectivity index (χ0) is 11.6. The van der Waals surface area contributed by atoms with Gasteiger partial charge in [0.05, 0.1) is 24.0 Å². The lowest BCUT2D eigenvalue weighted by atomic mass is 10.1. The van der Waals surface area contributed by atoms with Crippen molar-refractivity contribution in [1.29, 1.82) is 5.26 Å². The van der Waals surface area contributed by atoms with Gasteiger partial charge in [-0.1, -0.05) is 0 Å². The summed E-state index contributed by atoms with van der Waals surface area (Å²) >= 11 is 0. The van der Waals surface area contributed by atoms with Crippen molar-refractivity contribution in [3.8, 4) is 6.07 Å². The lowest BCUT2D eigenvalue weighted by Crippen LogP contribution is -2.54. The molecule has 0 aromatic carbocycles. The maximum Gasteiger partial charge on any atom is 0.151 e. The van der Waals surface area contributed by atoms with Crippen molar-refractivity contribution in [1.82, 2.24) is 10.2 Å². The third-order valence-corrected chi connectivity index (χ3v) is 5.10. The molecule has 90 valence electrons. The van der Waals surface area contributed by atoms with Crippen LogP contribution in [-0.2, 0) is 9.84 Å². The first-order chi connectivity index (χ1) is 7.61. The van der Waals surface area contributed by atoms with Crippen LogP contribution < -0.4 is 5.32 Å². The van der Waals surface area contributed by atoms with Gasteiger partial charge in [-0.15, -0.1) is 0 Å². The number of sulfone groups is 1. The molecule has 1 N–H and O–H groups in total. The molecule has 2 rings (SSSR count). The Hall–Kier alpha value is -0.640. The molecule has 0 bridgehead atoms. The maximum atomic E-state index is 11.4. The quantitative estimate of drug-likeness (QED) is 0.698. The average Bonchev–Trinajstić information content (AvgIpc) is 2.60. The Kier molecular flexibility index (Phi) is 3.47. The highest BCUT2D eigenvalue weighted by atomic mass is 32.2. The standard InChI is InChI=1S/C10H17N3O2S/c11-3-1-9-7-13(5-4-12-9)10-2-6-16(14,15)8-10/h9-10,12H,1-2,4-8H2. The first kappa shape index (κ1) is 11.8. The van der Waals surface area contributed by atoms with Gasteiger partial charge < -0.3 is 5.32 Å². The first-order valence-corrected chi connectivity index (χ1v) is 7.48. The van der Waals surface area contributed by atoms with Gasteiger partial charge in [0.25, 0.3) is 0 Å². The van der Waals surface area contributed by atoms with Crippen LogP contribution in [0, 0.1) is 11.3 Å². The van der Waals surface area contributed by atoms with E-state index in [-0.39, 0.29) is 12.1 Å². The van der Waals surface area contributed by atoms with Crippen LogP contribution in [0.3, 0.4) is 0 Å². The van der Waals surface area contributed by atoms with E-state index in [1.54, 1.807) is 0 Å². The summed E-state index contributed by atoms with van der Waals surface area (Å²) in [5.41, 5.74) is 0. The van der Waals surface area contributed by atoms with Crippen molar-refractivity contribution < 1.29 is 8.42 Å². The fraction of sp³-hybridized carbons (Fsp3) is 0.900. The smallest absolute Gasteiger partial charge is 0.151 e. The van der Waals surface area contributed by atoms with Gasteiger partial charge in [0.15, 0.2) is 9.84 Å². The second-order valence-electron chi connectivity index (χ2n) is 4.57. The van der Waals surface area contributed by atoms with Crippen LogP contribution >= 0.6 is 0 Å². The van der Waals surface area contributed by atoms with Gasteiger partial charge in [-0.05, 0) is 6.42 Å². The van der Waals surface area contributed by atoms with Gasteiger partial charge in [-0.25, -0.2) is 8.42 Å². The zero-order valence-corrected chi connectivity index (χ0v) is 10.0. The van der Waals surface area contributed by atoms with E-state index in [1.165, 1.54) is 0 Å². The van der Waals surface area contributed by atoms with Crippen molar-refractivity contribution in [2.24, 2.45) is 0 Å². The first-order valence-electron chi connectivity index (χ1n) is 5.65. The van der Waals surface area contributed by atoms with Crippen LogP contribution in [0.25, 0.3) is 0 Å². The highest BCUT2D eigenvalue weighted by molar-refractivity contribution is 7.91. The second-order valence-corrected chi connectivity index (χ2v) is 6.79. The van der Waals surface area contributed by atoms with E-state index < -0.39 is 9.84 Å². The average molecular weight is 243 g/mol. The Morgan fingerprint density at radius 1 is 1.50 bits per heavy atom. The molecule has 2 fully saturated rings. The summed E-state index contributed by atoms with van der Waals surface area (Å²) in [6.45, 7) is 2.54. The molecular weight excluding hydrogens is 226 g/mol. The van der Waals surface area contributed by atoms with Crippen molar-refractivity contribution >= 4 is 9.84 Å². The fourth-order valence-corrected chi connectivity index (χ4v) is 4.25. The summed E-state index contributed by atoms with van der Waals surface area (Å²) in [5, 5.41) is 11.9. The Morgan fingerprint density at radius 2 is 2.31 bits per heavy atom. The highest BCUT2D eigenvalue weighted by Gasteiger charge is 2.34. The molecule has 0 aromatic heterocycles. The van der Waals surface area contributed by atoms with E-state index in [2.05, 4.69) is 16.3 Å². The molecule has 0 aromatic rings. The van der Waals surface area contributed by atoms with E-state index in [0.29, 0.717) is 17.9 Å². The lowest BCUT2D eigenvalue weighted by Gasteiger charge is -2.36. The van der Waals surface area contributed by atoms with Gasteiger partial charge >= 0.3 is 0 Å². The van der Waals surface area contributed by atoms with E-state index in [4.69, 9.17) is 5.26 Å². The molecule has 0 spiro atoms.